The molecule has 0 N–H and O–H groups in total. The lowest BCUT2D eigenvalue weighted by Gasteiger charge is -2.16. The maximum atomic E-state index is 4.21. The van der Waals surface area contributed by atoms with Gasteiger partial charge in [-0.2, -0.15) is 0 Å². The van der Waals surface area contributed by atoms with Crippen LogP contribution in [0.4, 0.5) is 0 Å². The molecule has 1 heterocycles. The van der Waals surface area contributed by atoms with E-state index in [4.69, 9.17) is 0 Å². The van der Waals surface area contributed by atoms with Gasteiger partial charge >= 0.3 is 0 Å². The summed E-state index contributed by atoms with van der Waals surface area (Å²) in [5, 5.41) is 0. The summed E-state index contributed by atoms with van der Waals surface area (Å²) in [5.41, 5.74) is 3.94. The molecular formula is C16H25N. The molecule has 0 aliphatic carbocycles. The minimum absolute atomic E-state index is 0.575. The van der Waals surface area contributed by atoms with E-state index in [1.165, 1.54) is 29.7 Å². The van der Waals surface area contributed by atoms with Crippen molar-refractivity contribution >= 4 is 0 Å². The summed E-state index contributed by atoms with van der Waals surface area (Å²) in [6, 6.07) is 0. The Kier molecular flexibility index (Phi) is 5.27. The van der Waals surface area contributed by atoms with Gasteiger partial charge in [0.2, 0.25) is 0 Å². The first-order valence-corrected chi connectivity index (χ1v) is 6.53. The maximum Gasteiger partial charge on any atom is 0.0399 e. The highest BCUT2D eigenvalue weighted by Crippen LogP contribution is 2.28. The first-order chi connectivity index (χ1) is 8.10. The SMILES string of the molecule is C=C/C=C1/CCN(C)/C1=C/C(=C)C(C)CCC. The Morgan fingerprint density at radius 3 is 2.82 bits per heavy atom. The van der Waals surface area contributed by atoms with E-state index in [-0.39, 0.29) is 0 Å². The molecule has 1 rings (SSSR count). The molecule has 1 saturated heterocycles. The molecule has 0 aromatic carbocycles. The van der Waals surface area contributed by atoms with Gasteiger partial charge in [-0.25, -0.2) is 0 Å². The molecular weight excluding hydrogens is 206 g/mol. The van der Waals surface area contributed by atoms with Crippen LogP contribution in [-0.2, 0) is 0 Å². The summed E-state index contributed by atoms with van der Waals surface area (Å²) in [4.78, 5) is 2.30. The number of allylic oxidation sites excluding steroid dienone is 5. The van der Waals surface area contributed by atoms with Gasteiger partial charge in [0.1, 0.15) is 0 Å². The van der Waals surface area contributed by atoms with Gasteiger partial charge in [-0.15, -0.1) is 0 Å². The van der Waals surface area contributed by atoms with Crippen molar-refractivity contribution in [1.29, 1.82) is 0 Å². The van der Waals surface area contributed by atoms with E-state index in [0.29, 0.717) is 5.92 Å². The van der Waals surface area contributed by atoms with Crippen LogP contribution in [0, 0.1) is 5.92 Å². The molecule has 94 valence electrons. The molecule has 0 aromatic rings. The Morgan fingerprint density at radius 1 is 1.53 bits per heavy atom. The average molecular weight is 231 g/mol. The molecule has 1 unspecified atom stereocenters. The Morgan fingerprint density at radius 2 is 2.24 bits per heavy atom. The van der Waals surface area contributed by atoms with Gasteiger partial charge in [0, 0.05) is 19.3 Å². The van der Waals surface area contributed by atoms with E-state index in [2.05, 4.69) is 51.1 Å². The fourth-order valence-electron chi connectivity index (χ4n) is 2.23. The highest BCUT2D eigenvalue weighted by atomic mass is 15.1. The molecule has 1 aliphatic heterocycles. The maximum absolute atomic E-state index is 4.21. The third-order valence-corrected chi connectivity index (χ3v) is 3.45. The zero-order chi connectivity index (χ0) is 12.8. The van der Waals surface area contributed by atoms with Crippen LogP contribution in [0.25, 0.3) is 0 Å². The fourth-order valence-corrected chi connectivity index (χ4v) is 2.23. The molecule has 1 nitrogen and oxygen atoms in total. The van der Waals surface area contributed by atoms with Gasteiger partial charge in [0.25, 0.3) is 0 Å². The van der Waals surface area contributed by atoms with Crippen molar-refractivity contribution in [1.82, 2.24) is 4.90 Å². The van der Waals surface area contributed by atoms with Crippen LogP contribution in [0.2, 0.25) is 0 Å². The second-order valence-electron chi connectivity index (χ2n) is 4.89. The van der Waals surface area contributed by atoms with Gasteiger partial charge in [-0.3, -0.25) is 0 Å². The number of likely N-dealkylation sites (tertiary alicyclic amines) is 1. The molecule has 0 radical (unpaired) electrons. The molecule has 1 fully saturated rings. The zero-order valence-electron chi connectivity index (χ0n) is 11.5. The molecule has 0 spiro atoms. The quantitative estimate of drug-likeness (QED) is 0.681. The van der Waals surface area contributed by atoms with Gasteiger partial charge < -0.3 is 4.90 Å². The molecule has 0 bridgehead atoms. The Labute approximate surface area is 106 Å². The third-order valence-electron chi connectivity index (χ3n) is 3.45. The predicted octanol–water partition coefficient (Wildman–Crippen LogP) is 4.31. The van der Waals surface area contributed by atoms with Crippen LogP contribution in [-0.4, -0.2) is 18.5 Å². The summed E-state index contributed by atoms with van der Waals surface area (Å²) in [5.74, 6) is 0.575. The van der Waals surface area contributed by atoms with Crippen LogP contribution in [0.3, 0.4) is 0 Å². The summed E-state index contributed by atoms with van der Waals surface area (Å²) in [6.07, 6.45) is 9.79. The van der Waals surface area contributed by atoms with Crippen LogP contribution in [0.5, 0.6) is 0 Å². The third kappa shape index (κ3) is 3.62. The van der Waals surface area contributed by atoms with Crippen molar-refractivity contribution in [2.45, 2.75) is 33.1 Å². The van der Waals surface area contributed by atoms with Crippen LogP contribution in [0.15, 0.2) is 48.2 Å². The molecule has 1 atom stereocenters. The van der Waals surface area contributed by atoms with Crippen LogP contribution >= 0.6 is 0 Å². The largest absolute Gasteiger partial charge is 0.374 e. The van der Waals surface area contributed by atoms with Gasteiger partial charge in [-0.1, -0.05) is 51.2 Å². The Hall–Kier alpha value is -1.24. The van der Waals surface area contributed by atoms with E-state index in [9.17, 15) is 0 Å². The lowest BCUT2D eigenvalue weighted by Crippen LogP contribution is -2.11. The first kappa shape index (κ1) is 13.8. The number of rotatable bonds is 5. The number of likely N-dealkylation sites (N-methyl/N-ethyl adjacent to an activating group) is 1. The molecule has 0 aromatic heterocycles. The first-order valence-electron chi connectivity index (χ1n) is 6.53. The van der Waals surface area contributed by atoms with Crippen molar-refractivity contribution < 1.29 is 0 Å². The van der Waals surface area contributed by atoms with E-state index in [1.807, 2.05) is 6.08 Å². The standard InChI is InChI=1S/C16H25N/c1-6-8-13(3)14(4)12-16-15(9-7-2)10-11-17(16)5/h7,9,12-13H,2,4,6,8,10-11H2,1,3,5H3/b15-9-,16-12+. The summed E-state index contributed by atoms with van der Waals surface area (Å²) in [6.45, 7) is 13.6. The van der Waals surface area contributed by atoms with E-state index >= 15 is 0 Å². The van der Waals surface area contributed by atoms with Crippen molar-refractivity contribution in [2.75, 3.05) is 13.6 Å². The monoisotopic (exact) mass is 231 g/mol. The Bertz CT molecular complexity index is 347. The molecule has 1 aliphatic rings. The lowest BCUT2D eigenvalue weighted by molar-refractivity contribution is 0.480. The van der Waals surface area contributed by atoms with Crippen molar-refractivity contribution in [2.24, 2.45) is 5.92 Å². The van der Waals surface area contributed by atoms with Crippen LogP contribution < -0.4 is 0 Å². The molecule has 0 amide bonds. The average Bonchev–Trinajstić information content (AvgIpc) is 2.62. The van der Waals surface area contributed by atoms with Crippen molar-refractivity contribution in [3.05, 3.63) is 48.2 Å². The molecule has 0 saturated carbocycles. The van der Waals surface area contributed by atoms with Gasteiger partial charge in [-0.05, 0) is 30.4 Å². The lowest BCUT2D eigenvalue weighted by atomic mass is 9.96. The fraction of sp³-hybridized carbons (Fsp3) is 0.500. The topological polar surface area (TPSA) is 3.24 Å². The predicted molar refractivity (Wildman–Crippen MR) is 76.8 cm³/mol. The minimum atomic E-state index is 0.575. The molecule has 17 heavy (non-hydrogen) atoms. The van der Waals surface area contributed by atoms with E-state index < -0.39 is 0 Å². The molecule has 1 heteroatoms. The normalized spacial score (nSPS) is 22.2. The summed E-state index contributed by atoms with van der Waals surface area (Å²) < 4.78 is 0. The number of nitrogens with zero attached hydrogens (tertiary/aromatic N) is 1. The minimum Gasteiger partial charge on any atom is -0.374 e. The van der Waals surface area contributed by atoms with Crippen molar-refractivity contribution in [3.8, 4) is 0 Å². The smallest absolute Gasteiger partial charge is 0.0399 e. The second kappa shape index (κ2) is 6.48. The highest BCUT2D eigenvalue weighted by molar-refractivity contribution is 5.40. The second-order valence-corrected chi connectivity index (χ2v) is 4.89. The number of hydrogen-bond acceptors (Lipinski definition) is 1. The van der Waals surface area contributed by atoms with E-state index in [1.54, 1.807) is 0 Å². The number of hydrogen-bond donors (Lipinski definition) is 0. The van der Waals surface area contributed by atoms with E-state index in [0.717, 1.165) is 13.0 Å². The summed E-state index contributed by atoms with van der Waals surface area (Å²) in [7, 11) is 2.15. The summed E-state index contributed by atoms with van der Waals surface area (Å²) >= 11 is 0. The highest BCUT2D eigenvalue weighted by Gasteiger charge is 2.18. The van der Waals surface area contributed by atoms with Gasteiger partial charge in [0.15, 0.2) is 0 Å². The van der Waals surface area contributed by atoms with Gasteiger partial charge in [0.05, 0.1) is 0 Å². The zero-order valence-corrected chi connectivity index (χ0v) is 11.5. The van der Waals surface area contributed by atoms with Crippen LogP contribution in [0.1, 0.15) is 33.1 Å². The Balaban J connectivity index is 2.84. The van der Waals surface area contributed by atoms with Crippen molar-refractivity contribution in [3.63, 3.8) is 0 Å².